The Bertz CT molecular complexity index is 335. The lowest BCUT2D eigenvalue weighted by molar-refractivity contribution is 0.407. The van der Waals surface area contributed by atoms with Gasteiger partial charge in [-0.05, 0) is 12.1 Å². The third-order valence-electron chi connectivity index (χ3n) is 1.67. The quantitative estimate of drug-likeness (QED) is 0.582. The Kier molecular flexibility index (Phi) is 3.34. The van der Waals surface area contributed by atoms with Gasteiger partial charge in [0.1, 0.15) is 11.5 Å². The molecule has 0 fully saturated rings. The molecular formula is C10H14N2O2. The van der Waals surface area contributed by atoms with E-state index in [0.717, 1.165) is 0 Å². The Balaban J connectivity index is 2.89. The number of aromatic hydroxyl groups is 1. The third-order valence-corrected chi connectivity index (χ3v) is 1.67. The van der Waals surface area contributed by atoms with Crippen molar-refractivity contribution in [1.29, 1.82) is 0 Å². The number of nitrogens with zero attached hydrogens (tertiary/aromatic N) is 2. The van der Waals surface area contributed by atoms with Crippen molar-refractivity contribution >= 4 is 6.21 Å². The Hall–Kier alpha value is -1.71. The van der Waals surface area contributed by atoms with Gasteiger partial charge in [0.2, 0.25) is 0 Å². The van der Waals surface area contributed by atoms with Crippen LogP contribution in [0.1, 0.15) is 5.56 Å². The molecule has 1 rings (SSSR count). The molecule has 0 radical (unpaired) electrons. The van der Waals surface area contributed by atoms with Crippen LogP contribution in [-0.4, -0.2) is 37.5 Å². The summed E-state index contributed by atoms with van der Waals surface area (Å²) >= 11 is 0. The summed E-state index contributed by atoms with van der Waals surface area (Å²) in [5, 5.41) is 15.2. The predicted molar refractivity (Wildman–Crippen MR) is 55.9 cm³/mol. The molecule has 0 bridgehead atoms. The maximum atomic E-state index is 9.55. The van der Waals surface area contributed by atoms with E-state index in [1.54, 1.807) is 36.5 Å². The van der Waals surface area contributed by atoms with E-state index in [9.17, 15) is 5.11 Å². The molecule has 0 aromatic heterocycles. The lowest BCUT2D eigenvalue weighted by Gasteiger charge is -2.05. The van der Waals surface area contributed by atoms with Gasteiger partial charge in [-0.1, -0.05) is 0 Å². The molecule has 0 unspecified atom stereocenters. The van der Waals surface area contributed by atoms with Gasteiger partial charge < -0.3 is 14.9 Å². The van der Waals surface area contributed by atoms with Crippen LogP contribution in [0.25, 0.3) is 0 Å². The largest absolute Gasteiger partial charge is 0.507 e. The van der Waals surface area contributed by atoms with Crippen molar-refractivity contribution in [3.63, 3.8) is 0 Å². The summed E-state index contributed by atoms with van der Waals surface area (Å²) in [7, 11) is 5.19. The average Bonchev–Trinajstić information content (AvgIpc) is 2.15. The Morgan fingerprint density at radius 1 is 1.43 bits per heavy atom. The molecule has 0 aliphatic heterocycles. The van der Waals surface area contributed by atoms with E-state index in [1.807, 2.05) is 14.1 Å². The highest BCUT2D eigenvalue weighted by Crippen LogP contribution is 2.21. The molecule has 4 nitrogen and oxygen atoms in total. The van der Waals surface area contributed by atoms with Crippen LogP contribution in [0, 0.1) is 0 Å². The molecule has 0 aliphatic carbocycles. The number of hydrogen-bond donors (Lipinski definition) is 1. The number of ether oxygens (including phenoxy) is 1. The second-order valence-corrected chi connectivity index (χ2v) is 3.02. The van der Waals surface area contributed by atoms with Crippen molar-refractivity contribution in [2.75, 3.05) is 21.2 Å². The van der Waals surface area contributed by atoms with E-state index < -0.39 is 0 Å². The van der Waals surface area contributed by atoms with E-state index in [-0.39, 0.29) is 5.75 Å². The van der Waals surface area contributed by atoms with Crippen molar-refractivity contribution in [3.05, 3.63) is 23.8 Å². The molecule has 0 saturated heterocycles. The minimum atomic E-state index is 0.162. The maximum absolute atomic E-state index is 9.55. The van der Waals surface area contributed by atoms with Crippen LogP contribution in [0.2, 0.25) is 0 Å². The molecule has 14 heavy (non-hydrogen) atoms. The molecule has 0 heterocycles. The molecular weight excluding hydrogens is 180 g/mol. The summed E-state index contributed by atoms with van der Waals surface area (Å²) in [6.07, 6.45) is 1.59. The average molecular weight is 194 g/mol. The van der Waals surface area contributed by atoms with Crippen LogP contribution in [-0.2, 0) is 0 Å². The van der Waals surface area contributed by atoms with Gasteiger partial charge in [-0.15, -0.1) is 0 Å². The number of phenols is 1. The fraction of sp³-hybridized carbons (Fsp3) is 0.300. The number of hydrazone groups is 1. The van der Waals surface area contributed by atoms with Gasteiger partial charge in [-0.25, -0.2) is 0 Å². The van der Waals surface area contributed by atoms with Crippen LogP contribution in [0.4, 0.5) is 0 Å². The van der Waals surface area contributed by atoms with E-state index in [1.165, 1.54) is 0 Å². The Morgan fingerprint density at radius 2 is 2.14 bits per heavy atom. The topological polar surface area (TPSA) is 45.1 Å². The summed E-state index contributed by atoms with van der Waals surface area (Å²) < 4.78 is 4.96. The van der Waals surface area contributed by atoms with Crippen molar-refractivity contribution in [1.82, 2.24) is 5.01 Å². The molecule has 0 aliphatic rings. The first-order valence-corrected chi connectivity index (χ1v) is 4.22. The Labute approximate surface area is 83.4 Å². The highest BCUT2D eigenvalue weighted by atomic mass is 16.5. The summed E-state index contributed by atoms with van der Waals surface area (Å²) in [6, 6.07) is 5.08. The number of phenolic OH excluding ortho intramolecular Hbond substituents is 1. The van der Waals surface area contributed by atoms with Crippen molar-refractivity contribution in [3.8, 4) is 11.5 Å². The zero-order chi connectivity index (χ0) is 10.6. The summed E-state index contributed by atoms with van der Waals surface area (Å²) in [6.45, 7) is 0. The monoisotopic (exact) mass is 194 g/mol. The second kappa shape index (κ2) is 4.50. The molecule has 0 amide bonds. The van der Waals surface area contributed by atoms with Crippen LogP contribution in [0.3, 0.4) is 0 Å². The van der Waals surface area contributed by atoms with Crippen molar-refractivity contribution < 1.29 is 9.84 Å². The molecule has 0 saturated carbocycles. The molecule has 4 heteroatoms. The summed E-state index contributed by atoms with van der Waals surface area (Å²) in [5.74, 6) is 0.791. The number of rotatable bonds is 3. The predicted octanol–water partition coefficient (Wildman–Crippen LogP) is 1.30. The standard InChI is InChI=1S/C10H14N2O2/c1-12(2)11-7-8-4-5-9(14-3)6-10(8)13/h4-7,13H,1-3H3/b11-7+. The van der Waals surface area contributed by atoms with Gasteiger partial charge in [0.25, 0.3) is 0 Å². The van der Waals surface area contributed by atoms with Crippen LogP contribution in [0.5, 0.6) is 11.5 Å². The second-order valence-electron chi connectivity index (χ2n) is 3.02. The number of benzene rings is 1. The number of methoxy groups -OCH3 is 1. The zero-order valence-electron chi connectivity index (χ0n) is 8.56. The lowest BCUT2D eigenvalue weighted by Crippen LogP contribution is -2.01. The minimum absolute atomic E-state index is 0.162. The highest BCUT2D eigenvalue weighted by molar-refractivity contribution is 5.83. The molecule has 0 atom stereocenters. The molecule has 76 valence electrons. The van der Waals surface area contributed by atoms with Gasteiger partial charge >= 0.3 is 0 Å². The summed E-state index contributed by atoms with van der Waals surface area (Å²) in [5.41, 5.74) is 0.666. The van der Waals surface area contributed by atoms with E-state index in [0.29, 0.717) is 11.3 Å². The first-order chi connectivity index (χ1) is 6.63. The zero-order valence-corrected chi connectivity index (χ0v) is 8.56. The Morgan fingerprint density at radius 3 is 2.64 bits per heavy atom. The normalized spacial score (nSPS) is 10.5. The highest BCUT2D eigenvalue weighted by Gasteiger charge is 1.99. The fourth-order valence-electron chi connectivity index (χ4n) is 0.937. The smallest absolute Gasteiger partial charge is 0.128 e. The van der Waals surface area contributed by atoms with Gasteiger partial charge in [0.15, 0.2) is 0 Å². The van der Waals surface area contributed by atoms with Crippen LogP contribution >= 0.6 is 0 Å². The van der Waals surface area contributed by atoms with E-state index in [2.05, 4.69) is 5.10 Å². The lowest BCUT2D eigenvalue weighted by atomic mass is 10.2. The van der Waals surface area contributed by atoms with Gasteiger partial charge in [0.05, 0.1) is 13.3 Å². The first kappa shape index (κ1) is 10.4. The molecule has 0 spiro atoms. The minimum Gasteiger partial charge on any atom is -0.507 e. The van der Waals surface area contributed by atoms with E-state index in [4.69, 9.17) is 4.74 Å². The van der Waals surface area contributed by atoms with Crippen LogP contribution < -0.4 is 4.74 Å². The SMILES string of the molecule is COc1ccc(/C=N/N(C)C)c(O)c1. The van der Waals surface area contributed by atoms with Crippen LogP contribution in [0.15, 0.2) is 23.3 Å². The van der Waals surface area contributed by atoms with Crippen molar-refractivity contribution in [2.24, 2.45) is 5.10 Å². The molecule has 1 aromatic rings. The van der Waals surface area contributed by atoms with Crippen molar-refractivity contribution in [2.45, 2.75) is 0 Å². The summed E-state index contributed by atoms with van der Waals surface area (Å²) in [4.78, 5) is 0. The van der Waals surface area contributed by atoms with Gasteiger partial charge in [-0.3, -0.25) is 0 Å². The molecule has 1 N–H and O–H groups in total. The van der Waals surface area contributed by atoms with Gasteiger partial charge in [-0.2, -0.15) is 5.10 Å². The first-order valence-electron chi connectivity index (χ1n) is 4.22. The van der Waals surface area contributed by atoms with Gasteiger partial charge in [0, 0.05) is 25.7 Å². The van der Waals surface area contributed by atoms with E-state index >= 15 is 0 Å². The third kappa shape index (κ3) is 2.65. The maximum Gasteiger partial charge on any atom is 0.128 e. The molecule has 1 aromatic carbocycles. The fourth-order valence-corrected chi connectivity index (χ4v) is 0.937. The number of hydrogen-bond acceptors (Lipinski definition) is 4.